The second-order valence-corrected chi connectivity index (χ2v) is 5.06. The van der Waals surface area contributed by atoms with Crippen LogP contribution in [-0.2, 0) is 9.47 Å². The maximum Gasteiger partial charge on any atom is 0.338 e. The summed E-state index contributed by atoms with van der Waals surface area (Å²) in [4.78, 5) is 11.9. The number of esters is 1. The zero-order valence-corrected chi connectivity index (χ0v) is 11.7. The van der Waals surface area contributed by atoms with E-state index in [1.165, 1.54) is 0 Å². The summed E-state index contributed by atoms with van der Waals surface area (Å²) in [6.07, 6.45) is 0.557. The number of methoxy groups -OCH3 is 1. The first-order valence-corrected chi connectivity index (χ1v) is 6.36. The lowest BCUT2D eigenvalue weighted by Gasteiger charge is -2.19. The molecule has 1 aromatic carbocycles. The van der Waals surface area contributed by atoms with E-state index in [9.17, 15) is 4.79 Å². The summed E-state index contributed by atoms with van der Waals surface area (Å²) >= 11 is 5.84. The van der Waals surface area contributed by atoms with E-state index in [0.717, 1.165) is 6.42 Å². The Hall–Kier alpha value is -1.06. The van der Waals surface area contributed by atoms with Crippen LogP contribution in [0.15, 0.2) is 24.3 Å². The summed E-state index contributed by atoms with van der Waals surface area (Å²) in [5.74, 6) is 0.0810. The molecular weight excluding hydrogens is 252 g/mol. The number of carbonyl (C=O) groups is 1. The molecule has 0 amide bonds. The summed E-state index contributed by atoms with van der Waals surface area (Å²) < 4.78 is 10.5. The molecule has 0 aromatic heterocycles. The maximum atomic E-state index is 11.9. The Morgan fingerprint density at radius 3 is 2.67 bits per heavy atom. The van der Waals surface area contributed by atoms with Gasteiger partial charge in [-0.2, -0.15) is 0 Å². The number of halogens is 1. The lowest BCUT2D eigenvalue weighted by atomic mass is 10.1. The van der Waals surface area contributed by atoms with Gasteiger partial charge >= 0.3 is 5.97 Å². The van der Waals surface area contributed by atoms with Crippen molar-refractivity contribution in [3.8, 4) is 0 Å². The summed E-state index contributed by atoms with van der Waals surface area (Å²) in [6, 6.07) is 6.74. The lowest BCUT2D eigenvalue weighted by molar-refractivity contribution is -0.000678. The smallest absolute Gasteiger partial charge is 0.338 e. The van der Waals surface area contributed by atoms with Crippen molar-refractivity contribution in [3.05, 3.63) is 34.9 Å². The number of carbonyl (C=O) groups excluding carboxylic acids is 1. The second kappa shape index (κ2) is 7.39. The highest BCUT2D eigenvalue weighted by molar-refractivity contribution is 6.30. The lowest BCUT2D eigenvalue weighted by Crippen LogP contribution is -2.24. The fraction of sp³-hybridized carbons (Fsp3) is 0.500. The summed E-state index contributed by atoms with van der Waals surface area (Å²) in [5, 5.41) is 0.525. The van der Waals surface area contributed by atoms with Crippen LogP contribution in [0.2, 0.25) is 5.02 Å². The van der Waals surface area contributed by atoms with Gasteiger partial charge in [-0.3, -0.25) is 0 Å². The molecule has 1 aromatic rings. The van der Waals surface area contributed by atoms with Crippen LogP contribution in [0.5, 0.6) is 0 Å². The third kappa shape index (κ3) is 5.07. The van der Waals surface area contributed by atoms with Gasteiger partial charge in [0, 0.05) is 12.1 Å². The van der Waals surface area contributed by atoms with Crippen molar-refractivity contribution in [2.24, 2.45) is 5.92 Å². The SMILES string of the molecule is COCC(CC(C)C)OC(=O)c1cccc(Cl)c1. The molecule has 0 bridgehead atoms. The summed E-state index contributed by atoms with van der Waals surface area (Å²) in [6.45, 7) is 4.57. The highest BCUT2D eigenvalue weighted by Gasteiger charge is 2.17. The fourth-order valence-corrected chi connectivity index (χ4v) is 1.89. The topological polar surface area (TPSA) is 35.5 Å². The molecule has 3 nitrogen and oxygen atoms in total. The molecule has 1 atom stereocenters. The van der Waals surface area contributed by atoms with E-state index in [1.807, 2.05) is 0 Å². The van der Waals surface area contributed by atoms with Gasteiger partial charge in [0.1, 0.15) is 6.10 Å². The quantitative estimate of drug-likeness (QED) is 0.742. The Morgan fingerprint density at radius 2 is 2.11 bits per heavy atom. The van der Waals surface area contributed by atoms with E-state index in [4.69, 9.17) is 21.1 Å². The Bertz CT molecular complexity index is 390. The molecule has 0 aliphatic carbocycles. The Morgan fingerprint density at radius 1 is 1.39 bits per heavy atom. The van der Waals surface area contributed by atoms with Gasteiger partial charge in [0.05, 0.1) is 12.2 Å². The molecule has 0 saturated heterocycles. The van der Waals surface area contributed by atoms with Crippen molar-refractivity contribution in [2.45, 2.75) is 26.4 Å². The van der Waals surface area contributed by atoms with Gasteiger partial charge in [0.2, 0.25) is 0 Å². The first-order chi connectivity index (χ1) is 8.52. The Kier molecular flexibility index (Phi) is 6.16. The normalized spacial score (nSPS) is 12.5. The van der Waals surface area contributed by atoms with Gasteiger partial charge in [-0.1, -0.05) is 31.5 Å². The second-order valence-electron chi connectivity index (χ2n) is 4.62. The molecule has 0 spiro atoms. The van der Waals surface area contributed by atoms with Gasteiger partial charge in [-0.05, 0) is 30.5 Å². The van der Waals surface area contributed by atoms with Crippen LogP contribution in [0.25, 0.3) is 0 Å². The van der Waals surface area contributed by atoms with Crippen LogP contribution in [0.3, 0.4) is 0 Å². The molecule has 0 aliphatic heterocycles. The third-order valence-electron chi connectivity index (χ3n) is 2.42. The van der Waals surface area contributed by atoms with Gasteiger partial charge < -0.3 is 9.47 Å². The molecule has 18 heavy (non-hydrogen) atoms. The fourth-order valence-electron chi connectivity index (χ4n) is 1.70. The standard InChI is InChI=1S/C14H19ClO3/c1-10(2)7-13(9-17-3)18-14(16)11-5-4-6-12(15)8-11/h4-6,8,10,13H,7,9H2,1-3H3. The monoisotopic (exact) mass is 270 g/mol. The Labute approximate surface area is 113 Å². The summed E-state index contributed by atoms with van der Waals surface area (Å²) in [5.41, 5.74) is 0.465. The van der Waals surface area contributed by atoms with Crippen molar-refractivity contribution in [3.63, 3.8) is 0 Å². The van der Waals surface area contributed by atoms with Crippen LogP contribution in [0.4, 0.5) is 0 Å². The maximum absolute atomic E-state index is 11.9. The number of rotatable bonds is 6. The van der Waals surface area contributed by atoms with Crippen molar-refractivity contribution in [1.29, 1.82) is 0 Å². The van der Waals surface area contributed by atoms with Crippen LogP contribution in [-0.4, -0.2) is 25.8 Å². The van der Waals surface area contributed by atoms with Crippen LogP contribution < -0.4 is 0 Å². The average Bonchev–Trinajstić information content (AvgIpc) is 2.28. The molecule has 0 aliphatic rings. The minimum Gasteiger partial charge on any atom is -0.456 e. The number of benzene rings is 1. The van der Waals surface area contributed by atoms with Crippen molar-refractivity contribution >= 4 is 17.6 Å². The van der Waals surface area contributed by atoms with E-state index in [1.54, 1.807) is 31.4 Å². The number of hydrogen-bond acceptors (Lipinski definition) is 3. The zero-order chi connectivity index (χ0) is 13.5. The van der Waals surface area contributed by atoms with Gasteiger partial charge in [0.15, 0.2) is 0 Å². The molecule has 0 fully saturated rings. The average molecular weight is 271 g/mol. The number of ether oxygens (including phenoxy) is 2. The minimum absolute atomic E-state index is 0.221. The molecule has 0 heterocycles. The van der Waals surface area contributed by atoms with Crippen molar-refractivity contribution in [1.82, 2.24) is 0 Å². The zero-order valence-electron chi connectivity index (χ0n) is 11.0. The molecule has 4 heteroatoms. The van der Waals surface area contributed by atoms with Crippen molar-refractivity contribution < 1.29 is 14.3 Å². The molecular formula is C14H19ClO3. The van der Waals surface area contributed by atoms with Gasteiger partial charge in [0.25, 0.3) is 0 Å². The predicted octanol–water partition coefficient (Wildman–Crippen LogP) is 3.56. The van der Waals surface area contributed by atoms with Gasteiger partial charge in [-0.25, -0.2) is 4.79 Å². The van der Waals surface area contributed by atoms with E-state index in [2.05, 4.69) is 13.8 Å². The largest absolute Gasteiger partial charge is 0.456 e. The highest BCUT2D eigenvalue weighted by Crippen LogP contribution is 2.15. The van der Waals surface area contributed by atoms with E-state index < -0.39 is 0 Å². The molecule has 0 radical (unpaired) electrons. The van der Waals surface area contributed by atoms with E-state index in [-0.39, 0.29) is 12.1 Å². The molecule has 0 N–H and O–H groups in total. The molecule has 100 valence electrons. The minimum atomic E-state index is -0.361. The van der Waals surface area contributed by atoms with E-state index in [0.29, 0.717) is 23.1 Å². The number of hydrogen-bond donors (Lipinski definition) is 0. The van der Waals surface area contributed by atoms with Crippen molar-refractivity contribution in [2.75, 3.05) is 13.7 Å². The van der Waals surface area contributed by atoms with Crippen LogP contribution in [0, 0.1) is 5.92 Å². The summed E-state index contributed by atoms with van der Waals surface area (Å²) in [7, 11) is 1.60. The Balaban J connectivity index is 2.65. The first kappa shape index (κ1) is 15.0. The molecule has 0 saturated carbocycles. The van der Waals surface area contributed by atoms with E-state index >= 15 is 0 Å². The first-order valence-electron chi connectivity index (χ1n) is 5.98. The highest BCUT2D eigenvalue weighted by atomic mass is 35.5. The molecule has 1 unspecified atom stereocenters. The van der Waals surface area contributed by atoms with Crippen LogP contribution in [0.1, 0.15) is 30.6 Å². The van der Waals surface area contributed by atoms with Gasteiger partial charge in [-0.15, -0.1) is 0 Å². The third-order valence-corrected chi connectivity index (χ3v) is 2.66. The predicted molar refractivity (Wildman–Crippen MR) is 72.0 cm³/mol. The molecule has 1 rings (SSSR count). The van der Waals surface area contributed by atoms with Crippen LogP contribution >= 0.6 is 11.6 Å².